The van der Waals surface area contributed by atoms with Crippen LogP contribution in [0.2, 0.25) is 0 Å². The highest BCUT2D eigenvalue weighted by molar-refractivity contribution is 5.98. The average Bonchev–Trinajstić information content (AvgIpc) is 2.44. The number of carbonyl (C=O) groups excluding carboxylic acids is 1. The fourth-order valence-corrected chi connectivity index (χ4v) is 1.36. The van der Waals surface area contributed by atoms with E-state index in [4.69, 9.17) is 20.5 Å². The predicted molar refractivity (Wildman–Crippen MR) is 77.6 cm³/mol. The standard InChI is InChI=1S/C14H16N4O3/c1-10(2)21-14(19)17-7-8-20-12-5-3-11(4-6-12)13(16)18-9-15/h3-6H,1,7-8H2,2H3,(H2,16,18)(H,17,19). The van der Waals surface area contributed by atoms with E-state index in [2.05, 4.69) is 16.9 Å². The first-order chi connectivity index (χ1) is 10.0. The van der Waals surface area contributed by atoms with Gasteiger partial charge in [0.1, 0.15) is 18.2 Å². The van der Waals surface area contributed by atoms with E-state index in [1.165, 1.54) is 0 Å². The van der Waals surface area contributed by atoms with Crippen molar-refractivity contribution in [3.63, 3.8) is 0 Å². The summed E-state index contributed by atoms with van der Waals surface area (Å²) in [5.74, 6) is 1.08. The van der Waals surface area contributed by atoms with Gasteiger partial charge < -0.3 is 20.5 Å². The Bertz CT molecular complexity index is 573. The number of hydrogen-bond acceptors (Lipinski definition) is 5. The summed E-state index contributed by atoms with van der Waals surface area (Å²) >= 11 is 0. The summed E-state index contributed by atoms with van der Waals surface area (Å²) in [4.78, 5) is 14.6. The van der Waals surface area contributed by atoms with Crippen LogP contribution in [0.4, 0.5) is 4.79 Å². The number of alkyl carbamates (subject to hydrolysis) is 1. The van der Waals surface area contributed by atoms with Crippen molar-refractivity contribution in [1.82, 2.24) is 5.32 Å². The second kappa shape index (κ2) is 8.22. The number of rotatable bonds is 6. The van der Waals surface area contributed by atoms with Crippen LogP contribution in [0, 0.1) is 11.5 Å². The molecule has 0 aliphatic carbocycles. The first-order valence-corrected chi connectivity index (χ1v) is 6.09. The second-order valence-electron chi connectivity index (χ2n) is 3.99. The van der Waals surface area contributed by atoms with Gasteiger partial charge in [0.15, 0.2) is 0 Å². The van der Waals surface area contributed by atoms with Crippen LogP contribution in [0.3, 0.4) is 0 Å². The van der Waals surface area contributed by atoms with Crippen molar-refractivity contribution in [1.29, 1.82) is 5.26 Å². The van der Waals surface area contributed by atoms with Crippen molar-refractivity contribution in [3.05, 3.63) is 42.2 Å². The van der Waals surface area contributed by atoms with Gasteiger partial charge in [-0.25, -0.2) is 4.79 Å². The highest BCUT2D eigenvalue weighted by Crippen LogP contribution is 2.11. The quantitative estimate of drug-likeness (QED) is 0.271. The number of amides is 1. The van der Waals surface area contributed by atoms with Crippen molar-refractivity contribution < 1.29 is 14.3 Å². The molecule has 21 heavy (non-hydrogen) atoms. The first-order valence-electron chi connectivity index (χ1n) is 6.09. The van der Waals surface area contributed by atoms with E-state index < -0.39 is 6.09 Å². The maximum absolute atomic E-state index is 11.1. The van der Waals surface area contributed by atoms with Gasteiger partial charge in [0.05, 0.1) is 12.3 Å². The largest absolute Gasteiger partial charge is 0.492 e. The Morgan fingerprint density at radius 1 is 1.48 bits per heavy atom. The molecule has 0 aliphatic rings. The van der Waals surface area contributed by atoms with Crippen LogP contribution >= 0.6 is 0 Å². The lowest BCUT2D eigenvalue weighted by atomic mass is 10.2. The van der Waals surface area contributed by atoms with Gasteiger partial charge in [0, 0.05) is 5.56 Å². The molecule has 7 heteroatoms. The summed E-state index contributed by atoms with van der Waals surface area (Å²) in [6, 6.07) is 6.77. The first kappa shape index (κ1) is 16.0. The molecule has 0 atom stereocenters. The van der Waals surface area contributed by atoms with E-state index in [1.54, 1.807) is 37.4 Å². The van der Waals surface area contributed by atoms with E-state index in [0.29, 0.717) is 23.6 Å². The van der Waals surface area contributed by atoms with E-state index in [0.717, 1.165) is 0 Å². The zero-order valence-electron chi connectivity index (χ0n) is 11.6. The number of nitrogens with two attached hydrogens (primary N) is 1. The number of nitriles is 1. The van der Waals surface area contributed by atoms with Gasteiger partial charge in [0.25, 0.3) is 0 Å². The SMILES string of the molecule is C=C(C)OC(=O)NCCOc1ccc(/C(N)=N\C#N)cc1. The highest BCUT2D eigenvalue weighted by atomic mass is 16.6. The van der Waals surface area contributed by atoms with Gasteiger partial charge in [-0.1, -0.05) is 6.58 Å². The molecule has 110 valence electrons. The molecule has 7 nitrogen and oxygen atoms in total. The fraction of sp³-hybridized carbons (Fsp3) is 0.214. The Morgan fingerprint density at radius 3 is 2.71 bits per heavy atom. The van der Waals surface area contributed by atoms with Crippen LogP contribution in [0.25, 0.3) is 0 Å². The molecule has 0 saturated carbocycles. The molecule has 0 aliphatic heterocycles. The molecule has 0 spiro atoms. The zero-order chi connectivity index (χ0) is 15.7. The van der Waals surface area contributed by atoms with Crippen LogP contribution in [-0.2, 0) is 4.74 Å². The van der Waals surface area contributed by atoms with Gasteiger partial charge in [-0.2, -0.15) is 10.3 Å². The summed E-state index contributed by atoms with van der Waals surface area (Å²) in [7, 11) is 0. The lowest BCUT2D eigenvalue weighted by molar-refractivity contribution is 0.174. The molecule has 0 heterocycles. The third-order valence-corrected chi connectivity index (χ3v) is 2.23. The predicted octanol–water partition coefficient (Wildman–Crippen LogP) is 1.51. The third-order valence-electron chi connectivity index (χ3n) is 2.23. The number of aliphatic imine (C=N–C) groups is 1. The number of allylic oxidation sites excluding steroid dienone is 1. The minimum Gasteiger partial charge on any atom is -0.492 e. The lowest BCUT2D eigenvalue weighted by Crippen LogP contribution is -2.28. The molecular formula is C14H16N4O3. The smallest absolute Gasteiger partial charge is 0.412 e. The van der Waals surface area contributed by atoms with Gasteiger partial charge in [-0.3, -0.25) is 0 Å². The number of carbonyl (C=O) groups is 1. The summed E-state index contributed by atoms with van der Waals surface area (Å²) < 4.78 is 10.1. The van der Waals surface area contributed by atoms with Gasteiger partial charge >= 0.3 is 6.09 Å². The Balaban J connectivity index is 2.37. The molecule has 1 amide bonds. The fourth-order valence-electron chi connectivity index (χ4n) is 1.36. The van der Waals surface area contributed by atoms with Crippen molar-refractivity contribution >= 4 is 11.9 Å². The van der Waals surface area contributed by atoms with E-state index in [-0.39, 0.29) is 12.4 Å². The number of nitrogens with zero attached hydrogens (tertiary/aromatic N) is 2. The third kappa shape index (κ3) is 6.11. The van der Waals surface area contributed by atoms with Crippen molar-refractivity contribution in [3.8, 4) is 11.9 Å². The molecule has 1 rings (SSSR count). The molecule has 3 N–H and O–H groups in total. The molecule has 0 saturated heterocycles. The number of amidine groups is 1. The maximum Gasteiger partial charge on any atom is 0.412 e. The number of benzene rings is 1. The molecule has 1 aromatic carbocycles. The normalized spacial score (nSPS) is 10.4. The zero-order valence-corrected chi connectivity index (χ0v) is 11.6. The van der Waals surface area contributed by atoms with Crippen LogP contribution < -0.4 is 15.8 Å². The highest BCUT2D eigenvalue weighted by Gasteiger charge is 2.02. The van der Waals surface area contributed by atoms with E-state index in [1.807, 2.05) is 0 Å². The molecule has 0 unspecified atom stereocenters. The van der Waals surface area contributed by atoms with Crippen molar-refractivity contribution in [2.45, 2.75) is 6.92 Å². The van der Waals surface area contributed by atoms with E-state index >= 15 is 0 Å². The van der Waals surface area contributed by atoms with Gasteiger partial charge in [-0.15, -0.1) is 0 Å². The van der Waals surface area contributed by atoms with E-state index in [9.17, 15) is 4.79 Å². The summed E-state index contributed by atoms with van der Waals surface area (Å²) in [6.07, 6.45) is 1.05. The van der Waals surface area contributed by atoms with Crippen molar-refractivity contribution in [2.75, 3.05) is 13.2 Å². The Hall–Kier alpha value is -3.01. The second-order valence-corrected chi connectivity index (χ2v) is 3.99. The molecular weight excluding hydrogens is 272 g/mol. The topological polar surface area (TPSA) is 110 Å². The number of nitrogens with one attached hydrogen (secondary N) is 1. The van der Waals surface area contributed by atoms with Crippen LogP contribution in [0.15, 0.2) is 41.6 Å². The number of hydrogen-bond donors (Lipinski definition) is 2. The molecule has 0 bridgehead atoms. The maximum atomic E-state index is 11.1. The molecule has 0 fully saturated rings. The minimum atomic E-state index is -0.568. The van der Waals surface area contributed by atoms with Gasteiger partial charge in [0.2, 0.25) is 6.19 Å². The lowest BCUT2D eigenvalue weighted by Gasteiger charge is -2.08. The Morgan fingerprint density at radius 2 is 2.14 bits per heavy atom. The average molecular weight is 288 g/mol. The van der Waals surface area contributed by atoms with Crippen LogP contribution in [0.5, 0.6) is 5.75 Å². The van der Waals surface area contributed by atoms with Crippen LogP contribution in [0.1, 0.15) is 12.5 Å². The monoisotopic (exact) mass is 288 g/mol. The summed E-state index contributed by atoms with van der Waals surface area (Å²) in [5.41, 5.74) is 6.20. The summed E-state index contributed by atoms with van der Waals surface area (Å²) in [6.45, 7) is 5.62. The van der Waals surface area contributed by atoms with Crippen molar-refractivity contribution in [2.24, 2.45) is 10.7 Å². The minimum absolute atomic E-state index is 0.147. The van der Waals surface area contributed by atoms with Gasteiger partial charge in [-0.05, 0) is 31.2 Å². The number of ether oxygens (including phenoxy) is 2. The molecule has 1 aromatic rings. The summed E-state index contributed by atoms with van der Waals surface area (Å²) in [5, 5.41) is 10.9. The Labute approximate surface area is 122 Å². The van der Waals surface area contributed by atoms with Crippen LogP contribution in [-0.4, -0.2) is 25.1 Å². The molecule has 0 aromatic heterocycles. The molecule has 0 radical (unpaired) electrons. The Kier molecular flexibility index (Phi) is 6.28.